The molecule has 31 heavy (non-hydrogen) atoms. The van der Waals surface area contributed by atoms with Crippen molar-refractivity contribution in [1.29, 1.82) is 0 Å². The van der Waals surface area contributed by atoms with Gasteiger partial charge in [0.1, 0.15) is 18.5 Å². The van der Waals surface area contributed by atoms with Gasteiger partial charge in [-0.15, -0.1) is 0 Å². The second kappa shape index (κ2) is 11.4. The molecule has 0 aromatic heterocycles. The van der Waals surface area contributed by atoms with Gasteiger partial charge in [-0.2, -0.15) is 0 Å². The summed E-state index contributed by atoms with van der Waals surface area (Å²) in [5.41, 5.74) is 3.25. The zero-order valence-electron chi connectivity index (χ0n) is 18.4. The van der Waals surface area contributed by atoms with E-state index in [9.17, 15) is 5.11 Å². The summed E-state index contributed by atoms with van der Waals surface area (Å²) < 4.78 is 16.6. The highest BCUT2D eigenvalue weighted by atomic mass is 16.5. The average molecular weight is 422 g/mol. The van der Waals surface area contributed by atoms with Crippen molar-refractivity contribution in [3.8, 4) is 28.4 Å². The first-order chi connectivity index (χ1) is 15.1. The molecule has 3 aromatic rings. The van der Waals surface area contributed by atoms with E-state index in [1.807, 2.05) is 60.7 Å². The lowest BCUT2D eigenvalue weighted by Crippen LogP contribution is -2.37. The van der Waals surface area contributed by atoms with E-state index >= 15 is 0 Å². The number of benzene rings is 3. The summed E-state index contributed by atoms with van der Waals surface area (Å²) >= 11 is 0. The predicted octanol–water partition coefficient (Wildman–Crippen LogP) is 4.33. The third-order valence-electron chi connectivity index (χ3n) is 5.09. The standard InChI is InChI=1S/C26H31NO4/c1-19(15-20-13-14-25(29-2)26(16-20)30-3)27-17-22(28)18-31-24-12-8-7-11-23(24)21-9-5-4-6-10-21/h4-14,16,19,22,27-28H,15,17-18H2,1-3H3/t19-,22+/m1/s1. The molecule has 0 aliphatic carbocycles. The van der Waals surface area contributed by atoms with Gasteiger partial charge in [0, 0.05) is 18.2 Å². The van der Waals surface area contributed by atoms with Crippen LogP contribution in [-0.2, 0) is 6.42 Å². The minimum Gasteiger partial charge on any atom is -0.493 e. The molecule has 0 amide bonds. The molecule has 2 atom stereocenters. The summed E-state index contributed by atoms with van der Waals surface area (Å²) in [5, 5.41) is 13.8. The molecule has 0 heterocycles. The van der Waals surface area contributed by atoms with Crippen LogP contribution in [0, 0.1) is 0 Å². The molecule has 164 valence electrons. The highest BCUT2D eigenvalue weighted by Gasteiger charge is 2.12. The summed E-state index contributed by atoms with van der Waals surface area (Å²) in [4.78, 5) is 0. The van der Waals surface area contributed by atoms with Crippen LogP contribution in [0.3, 0.4) is 0 Å². The van der Waals surface area contributed by atoms with Crippen molar-refractivity contribution in [2.24, 2.45) is 0 Å². The van der Waals surface area contributed by atoms with E-state index in [-0.39, 0.29) is 12.6 Å². The van der Waals surface area contributed by atoms with Gasteiger partial charge in [-0.3, -0.25) is 0 Å². The normalized spacial score (nSPS) is 12.8. The second-order valence-electron chi connectivity index (χ2n) is 7.53. The molecule has 0 saturated carbocycles. The van der Waals surface area contributed by atoms with Crippen LogP contribution in [0.5, 0.6) is 17.2 Å². The van der Waals surface area contributed by atoms with E-state index in [0.29, 0.717) is 6.54 Å². The fraction of sp³-hybridized carbons (Fsp3) is 0.308. The van der Waals surface area contributed by atoms with Crippen LogP contribution in [0.25, 0.3) is 11.1 Å². The first-order valence-electron chi connectivity index (χ1n) is 10.5. The Bertz CT molecular complexity index is 945. The Morgan fingerprint density at radius 2 is 1.55 bits per heavy atom. The summed E-state index contributed by atoms with van der Waals surface area (Å²) in [6.07, 6.45) is 0.196. The van der Waals surface area contributed by atoms with Crippen LogP contribution in [0.1, 0.15) is 12.5 Å². The predicted molar refractivity (Wildman–Crippen MR) is 124 cm³/mol. The maximum absolute atomic E-state index is 10.4. The van der Waals surface area contributed by atoms with Crippen molar-refractivity contribution >= 4 is 0 Å². The highest BCUT2D eigenvalue weighted by molar-refractivity contribution is 5.70. The van der Waals surface area contributed by atoms with Crippen LogP contribution in [-0.4, -0.2) is 44.6 Å². The van der Waals surface area contributed by atoms with Crippen molar-refractivity contribution in [3.63, 3.8) is 0 Å². The van der Waals surface area contributed by atoms with Crippen LogP contribution >= 0.6 is 0 Å². The number of hydrogen-bond acceptors (Lipinski definition) is 5. The molecule has 0 fully saturated rings. The van der Waals surface area contributed by atoms with Crippen LogP contribution in [0.15, 0.2) is 72.8 Å². The van der Waals surface area contributed by atoms with Crippen molar-refractivity contribution in [2.75, 3.05) is 27.4 Å². The van der Waals surface area contributed by atoms with Crippen molar-refractivity contribution in [3.05, 3.63) is 78.4 Å². The smallest absolute Gasteiger partial charge is 0.160 e. The maximum atomic E-state index is 10.4. The lowest BCUT2D eigenvalue weighted by atomic mass is 10.0. The number of rotatable bonds is 11. The Morgan fingerprint density at radius 1 is 0.839 bits per heavy atom. The van der Waals surface area contributed by atoms with Crippen LogP contribution < -0.4 is 19.5 Å². The Hall–Kier alpha value is -3.02. The summed E-state index contributed by atoms with van der Waals surface area (Å²) in [6, 6.07) is 24.1. The first-order valence-corrected chi connectivity index (χ1v) is 10.5. The van der Waals surface area contributed by atoms with Crippen molar-refractivity contribution < 1.29 is 19.3 Å². The summed E-state index contributed by atoms with van der Waals surface area (Å²) in [5.74, 6) is 2.21. The van der Waals surface area contributed by atoms with Gasteiger partial charge in [-0.05, 0) is 42.7 Å². The largest absolute Gasteiger partial charge is 0.493 e. The minimum atomic E-state index is -0.614. The Balaban J connectivity index is 1.49. The molecule has 0 saturated heterocycles. The molecular weight excluding hydrogens is 390 g/mol. The molecule has 0 aliphatic heterocycles. The zero-order valence-corrected chi connectivity index (χ0v) is 18.4. The molecule has 0 unspecified atom stereocenters. The lowest BCUT2D eigenvalue weighted by Gasteiger charge is -2.19. The lowest BCUT2D eigenvalue weighted by molar-refractivity contribution is 0.104. The Morgan fingerprint density at radius 3 is 2.29 bits per heavy atom. The van der Waals surface area contributed by atoms with Crippen LogP contribution in [0.2, 0.25) is 0 Å². The van der Waals surface area contributed by atoms with Gasteiger partial charge in [-0.25, -0.2) is 0 Å². The van der Waals surface area contributed by atoms with Crippen LogP contribution in [0.4, 0.5) is 0 Å². The van der Waals surface area contributed by atoms with Gasteiger partial charge in [0.05, 0.1) is 14.2 Å². The molecule has 3 rings (SSSR count). The first kappa shape index (κ1) is 22.7. The maximum Gasteiger partial charge on any atom is 0.160 e. The minimum absolute atomic E-state index is 0.185. The molecule has 0 radical (unpaired) electrons. The van der Waals surface area contributed by atoms with Crippen molar-refractivity contribution in [2.45, 2.75) is 25.5 Å². The second-order valence-corrected chi connectivity index (χ2v) is 7.53. The molecule has 0 bridgehead atoms. The monoisotopic (exact) mass is 421 g/mol. The SMILES string of the molecule is COc1ccc(C[C@@H](C)NC[C@H](O)COc2ccccc2-c2ccccc2)cc1OC. The highest BCUT2D eigenvalue weighted by Crippen LogP contribution is 2.30. The number of para-hydroxylation sites is 1. The van der Waals surface area contributed by atoms with Gasteiger partial charge in [0.25, 0.3) is 0 Å². The van der Waals surface area contributed by atoms with E-state index in [2.05, 4.69) is 24.4 Å². The van der Waals surface area contributed by atoms with E-state index in [4.69, 9.17) is 14.2 Å². The third kappa shape index (κ3) is 6.48. The van der Waals surface area contributed by atoms with Gasteiger partial charge in [-0.1, -0.05) is 54.6 Å². The Kier molecular flexibility index (Phi) is 8.33. The molecule has 5 nitrogen and oxygen atoms in total. The van der Waals surface area contributed by atoms with Gasteiger partial charge >= 0.3 is 0 Å². The fourth-order valence-electron chi connectivity index (χ4n) is 3.46. The molecule has 2 N–H and O–H groups in total. The van der Waals surface area contributed by atoms with Crippen molar-refractivity contribution in [1.82, 2.24) is 5.32 Å². The average Bonchev–Trinajstić information content (AvgIpc) is 2.82. The summed E-state index contributed by atoms with van der Waals surface area (Å²) in [6.45, 7) is 2.76. The Labute approximate surface area is 184 Å². The third-order valence-corrected chi connectivity index (χ3v) is 5.09. The quantitative estimate of drug-likeness (QED) is 0.483. The molecule has 5 heteroatoms. The number of methoxy groups -OCH3 is 2. The number of aliphatic hydroxyl groups excluding tert-OH is 1. The zero-order chi connectivity index (χ0) is 22.1. The molecular formula is C26H31NO4. The van der Waals surface area contributed by atoms with Gasteiger partial charge < -0.3 is 24.6 Å². The van der Waals surface area contributed by atoms with E-state index in [1.54, 1.807) is 14.2 Å². The molecule has 0 aliphatic rings. The molecule has 3 aromatic carbocycles. The molecule has 0 spiro atoms. The van der Waals surface area contributed by atoms with Gasteiger partial charge in [0.15, 0.2) is 11.5 Å². The van der Waals surface area contributed by atoms with E-state index in [0.717, 1.165) is 40.4 Å². The number of ether oxygens (including phenoxy) is 3. The topological polar surface area (TPSA) is 60.0 Å². The number of hydrogen-bond donors (Lipinski definition) is 2. The van der Waals surface area contributed by atoms with E-state index < -0.39 is 6.10 Å². The number of aliphatic hydroxyl groups is 1. The number of nitrogens with one attached hydrogen (secondary N) is 1. The van der Waals surface area contributed by atoms with E-state index in [1.165, 1.54) is 0 Å². The van der Waals surface area contributed by atoms with Gasteiger partial charge in [0.2, 0.25) is 0 Å². The summed E-state index contributed by atoms with van der Waals surface area (Å²) in [7, 11) is 3.26. The fourth-order valence-corrected chi connectivity index (χ4v) is 3.46.